The molecule has 4 nitrogen and oxygen atoms in total. The van der Waals surface area contributed by atoms with Gasteiger partial charge >= 0.3 is 0 Å². The predicted molar refractivity (Wildman–Crippen MR) is 56.9 cm³/mol. The highest BCUT2D eigenvalue weighted by Gasteiger charge is 2.41. The van der Waals surface area contributed by atoms with Gasteiger partial charge in [-0.15, -0.1) is 0 Å². The van der Waals surface area contributed by atoms with E-state index < -0.39 is 18.2 Å². The van der Waals surface area contributed by atoms with Gasteiger partial charge in [-0.2, -0.15) is 0 Å². The van der Waals surface area contributed by atoms with E-state index in [0.29, 0.717) is 6.61 Å². The number of aliphatic hydroxyl groups excluding tert-OH is 1. The summed E-state index contributed by atoms with van der Waals surface area (Å²) >= 11 is 0. The number of aliphatic hydroxyl groups is 1. The third-order valence-corrected chi connectivity index (χ3v) is 2.57. The van der Waals surface area contributed by atoms with Crippen molar-refractivity contribution in [1.29, 1.82) is 0 Å². The van der Waals surface area contributed by atoms with Gasteiger partial charge in [-0.25, -0.2) is 0 Å². The summed E-state index contributed by atoms with van der Waals surface area (Å²) in [6, 6.07) is -0.552. The van der Waals surface area contributed by atoms with E-state index in [2.05, 4.69) is 0 Å². The van der Waals surface area contributed by atoms with Crippen LogP contribution in [0.3, 0.4) is 0 Å². The molecule has 0 aromatic heterocycles. The van der Waals surface area contributed by atoms with Crippen LogP contribution >= 0.6 is 0 Å². The molecule has 1 saturated heterocycles. The van der Waals surface area contributed by atoms with Gasteiger partial charge in [0.1, 0.15) is 20.1 Å². The molecular formula is C10H19BO4. The first-order chi connectivity index (χ1) is 7.10. The number of hydrogen-bond donors (Lipinski definition) is 1. The van der Waals surface area contributed by atoms with E-state index in [0.717, 1.165) is 6.42 Å². The maximum Gasteiger partial charge on any atom is 0.112 e. The van der Waals surface area contributed by atoms with Crippen molar-refractivity contribution in [2.45, 2.75) is 50.7 Å². The van der Waals surface area contributed by atoms with Crippen LogP contribution in [0.2, 0.25) is 0 Å². The van der Waals surface area contributed by atoms with Crippen LogP contribution in [0.25, 0.3) is 0 Å². The normalized spacial score (nSPS) is 38.1. The quantitative estimate of drug-likeness (QED) is 0.658. The summed E-state index contributed by atoms with van der Waals surface area (Å²) in [6.45, 7) is 4.30. The van der Waals surface area contributed by atoms with Crippen molar-refractivity contribution >= 4 is 7.85 Å². The number of methoxy groups -OCH3 is 1. The molecule has 86 valence electrons. The second-order valence-corrected chi connectivity index (χ2v) is 3.90. The van der Waals surface area contributed by atoms with Gasteiger partial charge in [-0.05, 0) is 13.3 Å². The summed E-state index contributed by atoms with van der Waals surface area (Å²) in [4.78, 5) is 0. The van der Waals surface area contributed by atoms with Crippen LogP contribution in [0.1, 0.15) is 20.3 Å². The van der Waals surface area contributed by atoms with Gasteiger partial charge in [0, 0.05) is 13.1 Å². The minimum absolute atomic E-state index is 0.0973. The Balaban J connectivity index is 2.46. The molecule has 0 amide bonds. The average molecular weight is 214 g/mol. The molecule has 0 bridgehead atoms. The molecule has 0 aromatic carbocycles. The van der Waals surface area contributed by atoms with Crippen LogP contribution in [0.15, 0.2) is 0 Å². The molecular weight excluding hydrogens is 195 g/mol. The van der Waals surface area contributed by atoms with Crippen molar-refractivity contribution < 1.29 is 19.3 Å². The van der Waals surface area contributed by atoms with E-state index in [1.54, 1.807) is 7.11 Å². The van der Waals surface area contributed by atoms with Gasteiger partial charge in [-0.3, -0.25) is 0 Å². The smallest absolute Gasteiger partial charge is 0.112 e. The lowest BCUT2D eigenvalue weighted by Gasteiger charge is -2.23. The zero-order valence-corrected chi connectivity index (χ0v) is 9.55. The fraction of sp³-hybridized carbons (Fsp3) is 1.00. The van der Waals surface area contributed by atoms with Crippen LogP contribution in [0.5, 0.6) is 0 Å². The fourth-order valence-electron chi connectivity index (χ4n) is 1.80. The zero-order valence-electron chi connectivity index (χ0n) is 9.55. The standard InChI is InChI=1S/C10H19BO4/c1-4-7-8(12)9(10(11)15-7)14-6(2)5-13-3/h6-10,12H,4-5H2,1-3H3/t6?,7-,8+,9?,10-/m1/s1. The number of rotatable bonds is 5. The molecule has 1 fully saturated rings. The molecule has 0 saturated carbocycles. The van der Waals surface area contributed by atoms with E-state index in [-0.39, 0.29) is 12.2 Å². The summed E-state index contributed by atoms with van der Waals surface area (Å²) in [5, 5.41) is 9.87. The Labute approximate surface area is 92.3 Å². The average Bonchev–Trinajstić information content (AvgIpc) is 2.45. The second-order valence-electron chi connectivity index (χ2n) is 3.90. The van der Waals surface area contributed by atoms with Gasteiger partial charge in [0.25, 0.3) is 0 Å². The molecule has 15 heavy (non-hydrogen) atoms. The minimum Gasteiger partial charge on any atom is -0.388 e. The van der Waals surface area contributed by atoms with Gasteiger partial charge in [0.2, 0.25) is 0 Å². The molecule has 2 unspecified atom stereocenters. The van der Waals surface area contributed by atoms with Gasteiger partial charge < -0.3 is 19.3 Å². The molecule has 1 aliphatic rings. The molecule has 5 atom stereocenters. The van der Waals surface area contributed by atoms with E-state index in [4.69, 9.17) is 22.1 Å². The summed E-state index contributed by atoms with van der Waals surface area (Å²) in [7, 11) is 7.34. The van der Waals surface area contributed by atoms with Crippen LogP contribution in [-0.2, 0) is 14.2 Å². The molecule has 0 aromatic rings. The predicted octanol–water partition coefficient (Wildman–Crippen LogP) is 0.0708. The van der Waals surface area contributed by atoms with Crippen molar-refractivity contribution in [2.75, 3.05) is 13.7 Å². The number of ether oxygens (including phenoxy) is 3. The van der Waals surface area contributed by atoms with Crippen molar-refractivity contribution in [3.8, 4) is 0 Å². The van der Waals surface area contributed by atoms with Crippen LogP contribution < -0.4 is 0 Å². The topological polar surface area (TPSA) is 47.9 Å². The Kier molecular flexibility index (Phi) is 5.05. The lowest BCUT2D eigenvalue weighted by Crippen LogP contribution is -2.38. The van der Waals surface area contributed by atoms with Crippen molar-refractivity contribution in [1.82, 2.24) is 0 Å². The zero-order chi connectivity index (χ0) is 11.4. The van der Waals surface area contributed by atoms with E-state index >= 15 is 0 Å². The largest absolute Gasteiger partial charge is 0.388 e. The lowest BCUT2D eigenvalue weighted by molar-refractivity contribution is -0.0792. The Morgan fingerprint density at radius 2 is 2.20 bits per heavy atom. The summed E-state index contributed by atoms with van der Waals surface area (Å²) < 4.78 is 15.9. The van der Waals surface area contributed by atoms with Crippen molar-refractivity contribution in [2.24, 2.45) is 0 Å². The lowest BCUT2D eigenvalue weighted by atomic mass is 9.92. The molecule has 0 spiro atoms. The van der Waals surface area contributed by atoms with Gasteiger partial charge in [0.05, 0.1) is 18.8 Å². The maximum absolute atomic E-state index is 9.87. The van der Waals surface area contributed by atoms with E-state index in [1.165, 1.54) is 0 Å². The summed E-state index contributed by atoms with van der Waals surface area (Å²) in [6.07, 6.45) is -0.697. The highest BCUT2D eigenvalue weighted by atomic mass is 16.6. The minimum atomic E-state index is -0.649. The highest BCUT2D eigenvalue weighted by molar-refractivity contribution is 6.11. The summed E-state index contributed by atoms with van der Waals surface area (Å²) in [5.41, 5.74) is 0. The molecule has 1 N–H and O–H groups in total. The fourth-order valence-corrected chi connectivity index (χ4v) is 1.80. The Morgan fingerprint density at radius 1 is 1.53 bits per heavy atom. The third-order valence-electron chi connectivity index (χ3n) is 2.57. The van der Waals surface area contributed by atoms with Crippen LogP contribution in [-0.4, -0.2) is 57.1 Å². The monoisotopic (exact) mass is 214 g/mol. The summed E-state index contributed by atoms with van der Waals surface area (Å²) in [5.74, 6) is 0. The highest BCUT2D eigenvalue weighted by Crippen LogP contribution is 2.25. The molecule has 2 radical (unpaired) electrons. The first-order valence-corrected chi connectivity index (χ1v) is 5.33. The van der Waals surface area contributed by atoms with Crippen molar-refractivity contribution in [3.05, 3.63) is 0 Å². The molecule has 0 aliphatic carbocycles. The molecule has 5 heteroatoms. The SMILES string of the molecule is [B][C@@H]1O[C@H](CC)[C@H](O)C1OC(C)COC. The Hall–Kier alpha value is -0.0951. The van der Waals surface area contributed by atoms with Gasteiger partial charge in [-0.1, -0.05) is 6.92 Å². The Bertz CT molecular complexity index is 190. The van der Waals surface area contributed by atoms with Gasteiger partial charge in [0.15, 0.2) is 0 Å². The molecule has 1 rings (SSSR count). The first kappa shape index (κ1) is 13.0. The Morgan fingerprint density at radius 3 is 2.67 bits per heavy atom. The first-order valence-electron chi connectivity index (χ1n) is 5.33. The van der Waals surface area contributed by atoms with Crippen LogP contribution in [0, 0.1) is 0 Å². The third kappa shape index (κ3) is 3.18. The van der Waals surface area contributed by atoms with Crippen LogP contribution in [0.4, 0.5) is 0 Å². The van der Waals surface area contributed by atoms with E-state index in [1.807, 2.05) is 13.8 Å². The second kappa shape index (κ2) is 5.84. The van der Waals surface area contributed by atoms with E-state index in [9.17, 15) is 5.11 Å². The molecule has 1 heterocycles. The maximum atomic E-state index is 9.87. The molecule has 1 aliphatic heterocycles. The number of hydrogen-bond acceptors (Lipinski definition) is 4. The van der Waals surface area contributed by atoms with Crippen molar-refractivity contribution in [3.63, 3.8) is 0 Å².